The summed E-state index contributed by atoms with van der Waals surface area (Å²) in [4.78, 5) is 16.0. The first kappa shape index (κ1) is 16.0. The zero-order chi connectivity index (χ0) is 16.4. The molecule has 1 aromatic heterocycles. The fourth-order valence-corrected chi connectivity index (χ4v) is 2.82. The molecule has 5 nitrogen and oxygen atoms in total. The lowest BCUT2D eigenvalue weighted by Crippen LogP contribution is -2.49. The van der Waals surface area contributed by atoms with E-state index < -0.39 is 0 Å². The van der Waals surface area contributed by atoms with E-state index in [-0.39, 0.29) is 18.3 Å². The standard InChI is InChI=1S/C16H18ClFN4O/c1-11-16(17)14(20-19-11)9-21-6-7-22(15(23)10-21)8-12-4-2-3-5-13(12)18/h2-5H,6-10H2,1H3,(H,19,20). The number of piperazine rings is 1. The number of nitrogens with one attached hydrogen (secondary N) is 1. The highest BCUT2D eigenvalue weighted by atomic mass is 35.5. The van der Waals surface area contributed by atoms with E-state index in [4.69, 9.17) is 11.6 Å². The van der Waals surface area contributed by atoms with Gasteiger partial charge in [0.25, 0.3) is 0 Å². The molecule has 0 unspecified atom stereocenters. The summed E-state index contributed by atoms with van der Waals surface area (Å²) in [6, 6.07) is 6.55. The maximum atomic E-state index is 13.7. The molecule has 1 saturated heterocycles. The Morgan fingerprint density at radius 2 is 2.09 bits per heavy atom. The van der Waals surface area contributed by atoms with Crippen LogP contribution in [-0.4, -0.2) is 45.5 Å². The van der Waals surface area contributed by atoms with Crippen LogP contribution < -0.4 is 0 Å². The maximum Gasteiger partial charge on any atom is 0.237 e. The minimum atomic E-state index is -0.276. The van der Waals surface area contributed by atoms with Gasteiger partial charge < -0.3 is 4.90 Å². The van der Waals surface area contributed by atoms with E-state index in [1.54, 1.807) is 23.1 Å². The third kappa shape index (κ3) is 3.54. The summed E-state index contributed by atoms with van der Waals surface area (Å²) in [6.45, 7) is 4.26. The van der Waals surface area contributed by atoms with E-state index in [0.717, 1.165) is 11.4 Å². The Morgan fingerprint density at radius 1 is 1.30 bits per heavy atom. The molecule has 0 saturated carbocycles. The largest absolute Gasteiger partial charge is 0.336 e. The first-order chi connectivity index (χ1) is 11.0. The lowest BCUT2D eigenvalue weighted by atomic mass is 10.2. The van der Waals surface area contributed by atoms with Crippen molar-refractivity contribution in [2.75, 3.05) is 19.6 Å². The number of aromatic nitrogens is 2. The molecule has 0 spiro atoms. The van der Waals surface area contributed by atoms with Crippen LogP contribution in [0.4, 0.5) is 4.39 Å². The molecule has 23 heavy (non-hydrogen) atoms. The van der Waals surface area contributed by atoms with Gasteiger partial charge in [-0.25, -0.2) is 4.39 Å². The fourth-order valence-electron chi connectivity index (χ4n) is 2.67. The molecule has 0 bridgehead atoms. The highest BCUT2D eigenvalue weighted by molar-refractivity contribution is 6.31. The van der Waals surface area contributed by atoms with Gasteiger partial charge in [-0.15, -0.1) is 0 Å². The number of benzene rings is 1. The number of rotatable bonds is 4. The predicted octanol–water partition coefficient (Wildman–Crippen LogP) is 2.36. The van der Waals surface area contributed by atoms with Crippen molar-refractivity contribution in [2.45, 2.75) is 20.0 Å². The van der Waals surface area contributed by atoms with Crippen LogP contribution in [0.1, 0.15) is 17.0 Å². The van der Waals surface area contributed by atoms with Crippen LogP contribution in [0, 0.1) is 12.7 Å². The van der Waals surface area contributed by atoms with Crippen LogP contribution in [0.15, 0.2) is 24.3 Å². The Hall–Kier alpha value is -1.92. The molecule has 1 amide bonds. The minimum Gasteiger partial charge on any atom is -0.336 e. The number of carbonyl (C=O) groups excluding carboxylic acids is 1. The first-order valence-electron chi connectivity index (χ1n) is 7.47. The number of H-pyrrole nitrogens is 1. The molecule has 1 fully saturated rings. The zero-order valence-corrected chi connectivity index (χ0v) is 13.6. The van der Waals surface area contributed by atoms with Crippen molar-refractivity contribution in [1.29, 1.82) is 0 Å². The van der Waals surface area contributed by atoms with E-state index in [1.165, 1.54) is 6.07 Å². The SMILES string of the molecule is Cc1[nH]nc(CN2CCN(Cc3ccccc3F)C(=O)C2)c1Cl. The molecule has 0 atom stereocenters. The number of carbonyl (C=O) groups is 1. The van der Waals surface area contributed by atoms with E-state index in [9.17, 15) is 9.18 Å². The van der Waals surface area contributed by atoms with Gasteiger partial charge >= 0.3 is 0 Å². The van der Waals surface area contributed by atoms with Crippen molar-refractivity contribution >= 4 is 17.5 Å². The van der Waals surface area contributed by atoms with Crippen molar-refractivity contribution in [2.24, 2.45) is 0 Å². The van der Waals surface area contributed by atoms with Gasteiger partial charge in [0.15, 0.2) is 0 Å². The highest BCUT2D eigenvalue weighted by Crippen LogP contribution is 2.20. The molecule has 7 heteroatoms. The summed E-state index contributed by atoms with van der Waals surface area (Å²) in [5.41, 5.74) is 2.12. The van der Waals surface area contributed by atoms with E-state index in [0.29, 0.717) is 36.8 Å². The third-order valence-corrected chi connectivity index (χ3v) is 4.53. The second-order valence-corrected chi connectivity index (χ2v) is 6.10. The molecule has 0 aliphatic carbocycles. The van der Waals surface area contributed by atoms with E-state index >= 15 is 0 Å². The Labute approximate surface area is 139 Å². The molecule has 1 N–H and O–H groups in total. The van der Waals surface area contributed by atoms with Gasteiger partial charge in [-0.2, -0.15) is 5.10 Å². The summed E-state index contributed by atoms with van der Waals surface area (Å²) in [6.07, 6.45) is 0. The summed E-state index contributed by atoms with van der Waals surface area (Å²) < 4.78 is 13.7. The summed E-state index contributed by atoms with van der Waals surface area (Å²) >= 11 is 6.16. The molecule has 0 radical (unpaired) electrons. The molecular formula is C16H18ClFN4O. The molecular weight excluding hydrogens is 319 g/mol. The average Bonchev–Trinajstić information content (AvgIpc) is 2.84. The molecule has 2 heterocycles. The monoisotopic (exact) mass is 336 g/mol. The van der Waals surface area contributed by atoms with Gasteiger partial charge in [0.2, 0.25) is 5.91 Å². The van der Waals surface area contributed by atoms with Gasteiger partial charge in [-0.05, 0) is 13.0 Å². The summed E-state index contributed by atoms with van der Waals surface area (Å²) in [5.74, 6) is -0.288. The smallest absolute Gasteiger partial charge is 0.237 e. The molecule has 122 valence electrons. The number of hydrogen-bond donors (Lipinski definition) is 1. The lowest BCUT2D eigenvalue weighted by Gasteiger charge is -2.34. The third-order valence-electron chi connectivity index (χ3n) is 4.03. The van der Waals surface area contributed by atoms with E-state index in [2.05, 4.69) is 10.2 Å². The normalized spacial score (nSPS) is 16.1. The number of aryl methyl sites for hydroxylation is 1. The summed E-state index contributed by atoms with van der Waals surface area (Å²) in [7, 11) is 0. The van der Waals surface area contributed by atoms with Crippen LogP contribution in [-0.2, 0) is 17.9 Å². The van der Waals surface area contributed by atoms with Crippen LogP contribution in [0.25, 0.3) is 0 Å². The Morgan fingerprint density at radius 3 is 2.74 bits per heavy atom. The topological polar surface area (TPSA) is 52.2 Å². The molecule has 1 aliphatic heterocycles. The van der Waals surface area contributed by atoms with Crippen molar-refractivity contribution in [3.63, 3.8) is 0 Å². The van der Waals surface area contributed by atoms with Gasteiger partial charge in [0.1, 0.15) is 5.82 Å². The van der Waals surface area contributed by atoms with Gasteiger partial charge in [0.05, 0.1) is 23.0 Å². The van der Waals surface area contributed by atoms with Gasteiger partial charge in [0, 0.05) is 31.7 Å². The van der Waals surface area contributed by atoms with Crippen LogP contribution in [0.2, 0.25) is 5.02 Å². The molecule has 3 rings (SSSR count). The number of nitrogens with zero attached hydrogens (tertiary/aromatic N) is 3. The van der Waals surface area contributed by atoms with Crippen LogP contribution >= 0.6 is 11.6 Å². The molecule has 1 aromatic carbocycles. The highest BCUT2D eigenvalue weighted by Gasteiger charge is 2.25. The van der Waals surface area contributed by atoms with Crippen LogP contribution in [0.3, 0.4) is 0 Å². The summed E-state index contributed by atoms with van der Waals surface area (Å²) in [5, 5.41) is 7.62. The van der Waals surface area contributed by atoms with E-state index in [1.807, 2.05) is 11.8 Å². The van der Waals surface area contributed by atoms with Gasteiger partial charge in [-0.1, -0.05) is 29.8 Å². The van der Waals surface area contributed by atoms with Crippen molar-refractivity contribution in [3.05, 3.63) is 52.1 Å². The molecule has 1 aliphatic rings. The number of hydrogen-bond acceptors (Lipinski definition) is 3. The lowest BCUT2D eigenvalue weighted by molar-refractivity contribution is -0.136. The molecule has 2 aromatic rings. The number of halogens is 2. The first-order valence-corrected chi connectivity index (χ1v) is 7.85. The van der Waals surface area contributed by atoms with Crippen molar-refractivity contribution in [3.8, 4) is 0 Å². The Kier molecular flexibility index (Phi) is 4.63. The van der Waals surface area contributed by atoms with Gasteiger partial charge in [-0.3, -0.25) is 14.8 Å². The maximum absolute atomic E-state index is 13.7. The number of amides is 1. The number of aromatic amines is 1. The average molecular weight is 337 g/mol. The van der Waals surface area contributed by atoms with Crippen molar-refractivity contribution in [1.82, 2.24) is 20.0 Å². The zero-order valence-electron chi connectivity index (χ0n) is 12.9. The predicted molar refractivity (Wildman–Crippen MR) is 85.4 cm³/mol. The second kappa shape index (κ2) is 6.68. The second-order valence-electron chi connectivity index (χ2n) is 5.73. The van der Waals surface area contributed by atoms with Crippen molar-refractivity contribution < 1.29 is 9.18 Å². The van der Waals surface area contributed by atoms with Crippen LogP contribution in [0.5, 0.6) is 0 Å². The minimum absolute atomic E-state index is 0.0112. The fraction of sp³-hybridized carbons (Fsp3) is 0.375. The Bertz CT molecular complexity index is 718. The quantitative estimate of drug-likeness (QED) is 0.932. The Balaban J connectivity index is 1.60.